The van der Waals surface area contributed by atoms with Crippen LogP contribution in [0.2, 0.25) is 0 Å². The number of thiazole rings is 1. The molecule has 3 aromatic rings. The maximum Gasteiger partial charge on any atom is 0.315 e. The maximum absolute atomic E-state index is 12.0. The third kappa shape index (κ3) is 4.02. The van der Waals surface area contributed by atoms with Crippen molar-refractivity contribution in [3.63, 3.8) is 0 Å². The first-order valence-electron chi connectivity index (χ1n) is 8.28. The molecule has 25 heavy (non-hydrogen) atoms. The van der Waals surface area contributed by atoms with E-state index in [1.54, 1.807) is 11.3 Å². The molecular weight excluding hydrogens is 334 g/mol. The molecule has 0 bridgehead atoms. The van der Waals surface area contributed by atoms with Gasteiger partial charge in [0.1, 0.15) is 11.3 Å². The number of nitrogens with zero attached hydrogens (tertiary/aromatic N) is 1. The number of rotatable bonds is 4. The molecule has 0 atom stereocenters. The van der Waals surface area contributed by atoms with Crippen LogP contribution in [0.5, 0.6) is 0 Å². The highest BCUT2D eigenvalue weighted by molar-refractivity contribution is 7.09. The number of hydrogen-bond acceptors (Lipinski definition) is 4. The van der Waals surface area contributed by atoms with Crippen LogP contribution in [-0.2, 0) is 18.5 Å². The van der Waals surface area contributed by atoms with Crippen LogP contribution in [0, 0.1) is 6.92 Å². The summed E-state index contributed by atoms with van der Waals surface area (Å²) >= 11 is 1.62. The molecule has 0 aliphatic heterocycles. The molecule has 2 amide bonds. The minimum absolute atomic E-state index is 0.0317. The Balaban J connectivity index is 1.54. The standard InChI is InChI=1S/C19H23N3O2S/c1-12-14-7-5-6-8-15(14)24-16(12)10-21-18(23)20-9-13-11-25-17(22-13)19(2,3)4/h5-8,11H,9-10H2,1-4H3,(H2,20,21,23). The summed E-state index contributed by atoms with van der Waals surface area (Å²) in [7, 11) is 0. The highest BCUT2D eigenvalue weighted by Gasteiger charge is 2.18. The number of carbonyl (C=O) groups is 1. The second-order valence-corrected chi connectivity index (χ2v) is 7.93. The molecule has 0 fully saturated rings. The van der Waals surface area contributed by atoms with Crippen molar-refractivity contribution in [2.45, 2.75) is 46.2 Å². The average Bonchev–Trinajstić information content (AvgIpc) is 3.16. The van der Waals surface area contributed by atoms with Gasteiger partial charge in [0, 0.05) is 21.7 Å². The number of furan rings is 1. The topological polar surface area (TPSA) is 67.2 Å². The fraction of sp³-hybridized carbons (Fsp3) is 0.368. The van der Waals surface area contributed by atoms with E-state index in [1.165, 1.54) is 0 Å². The zero-order valence-electron chi connectivity index (χ0n) is 15.0. The van der Waals surface area contributed by atoms with E-state index < -0.39 is 0 Å². The van der Waals surface area contributed by atoms with Gasteiger partial charge < -0.3 is 15.1 Å². The first-order valence-corrected chi connectivity index (χ1v) is 9.16. The smallest absolute Gasteiger partial charge is 0.315 e. The summed E-state index contributed by atoms with van der Waals surface area (Å²) in [5, 5.41) is 9.82. The van der Waals surface area contributed by atoms with E-state index in [4.69, 9.17) is 4.42 Å². The van der Waals surface area contributed by atoms with Crippen molar-refractivity contribution in [2.24, 2.45) is 0 Å². The Morgan fingerprint density at radius 2 is 1.92 bits per heavy atom. The Kier molecular flexibility index (Phi) is 4.81. The number of aryl methyl sites for hydroxylation is 1. The third-order valence-electron chi connectivity index (χ3n) is 3.98. The Hall–Kier alpha value is -2.34. The molecule has 3 rings (SSSR count). The van der Waals surface area contributed by atoms with E-state index in [-0.39, 0.29) is 11.4 Å². The van der Waals surface area contributed by atoms with Crippen LogP contribution in [-0.4, -0.2) is 11.0 Å². The Morgan fingerprint density at radius 3 is 2.60 bits per heavy atom. The molecule has 0 spiro atoms. The van der Waals surface area contributed by atoms with Gasteiger partial charge in [0.05, 0.1) is 23.8 Å². The molecule has 132 valence electrons. The quantitative estimate of drug-likeness (QED) is 0.723. The van der Waals surface area contributed by atoms with E-state index in [0.29, 0.717) is 13.1 Å². The first-order chi connectivity index (χ1) is 11.8. The fourth-order valence-electron chi connectivity index (χ4n) is 2.52. The predicted molar refractivity (Wildman–Crippen MR) is 101 cm³/mol. The van der Waals surface area contributed by atoms with Gasteiger partial charge >= 0.3 is 6.03 Å². The van der Waals surface area contributed by atoms with Crippen LogP contribution in [0.4, 0.5) is 4.79 Å². The molecule has 2 aromatic heterocycles. The zero-order chi connectivity index (χ0) is 18.0. The third-order valence-corrected chi connectivity index (χ3v) is 5.29. The summed E-state index contributed by atoms with van der Waals surface area (Å²) in [4.78, 5) is 16.6. The molecule has 0 saturated heterocycles. The highest BCUT2D eigenvalue weighted by Crippen LogP contribution is 2.26. The van der Waals surface area contributed by atoms with Crippen molar-refractivity contribution in [3.05, 3.63) is 51.7 Å². The van der Waals surface area contributed by atoms with Crippen LogP contribution in [0.3, 0.4) is 0 Å². The lowest BCUT2D eigenvalue weighted by Crippen LogP contribution is -2.34. The molecule has 1 aromatic carbocycles. The molecule has 2 N–H and O–H groups in total. The number of benzene rings is 1. The number of urea groups is 1. The molecule has 0 radical (unpaired) electrons. The average molecular weight is 357 g/mol. The highest BCUT2D eigenvalue weighted by atomic mass is 32.1. The molecule has 6 heteroatoms. The molecule has 2 heterocycles. The van der Waals surface area contributed by atoms with Gasteiger partial charge in [0.15, 0.2) is 0 Å². The van der Waals surface area contributed by atoms with Crippen molar-refractivity contribution < 1.29 is 9.21 Å². The van der Waals surface area contributed by atoms with E-state index in [1.807, 2.05) is 36.6 Å². The van der Waals surface area contributed by atoms with Gasteiger partial charge in [0.25, 0.3) is 0 Å². The zero-order valence-corrected chi connectivity index (χ0v) is 15.8. The molecule has 0 aliphatic rings. The number of fused-ring (bicyclic) bond motifs is 1. The summed E-state index contributed by atoms with van der Waals surface area (Å²) in [5.41, 5.74) is 2.81. The molecule has 0 saturated carbocycles. The van der Waals surface area contributed by atoms with Crippen molar-refractivity contribution in [1.29, 1.82) is 0 Å². The lowest BCUT2D eigenvalue weighted by Gasteiger charge is -2.13. The second kappa shape index (κ2) is 6.88. The van der Waals surface area contributed by atoms with Crippen molar-refractivity contribution >= 4 is 28.3 Å². The summed E-state index contributed by atoms with van der Waals surface area (Å²) in [6.07, 6.45) is 0. The van der Waals surface area contributed by atoms with E-state index in [2.05, 4.69) is 36.4 Å². The number of nitrogens with one attached hydrogen (secondary N) is 2. The second-order valence-electron chi connectivity index (χ2n) is 7.08. The van der Waals surface area contributed by atoms with Gasteiger partial charge in [-0.2, -0.15) is 0 Å². The summed E-state index contributed by atoms with van der Waals surface area (Å²) in [5.74, 6) is 0.778. The van der Waals surface area contributed by atoms with Crippen molar-refractivity contribution in [3.8, 4) is 0 Å². The summed E-state index contributed by atoms with van der Waals surface area (Å²) < 4.78 is 5.80. The van der Waals surface area contributed by atoms with E-state index >= 15 is 0 Å². The van der Waals surface area contributed by atoms with Gasteiger partial charge in [-0.3, -0.25) is 0 Å². The SMILES string of the molecule is Cc1c(CNC(=O)NCc2csc(C(C)(C)C)n2)oc2ccccc12. The van der Waals surface area contributed by atoms with Crippen LogP contribution in [0.1, 0.15) is 42.8 Å². The minimum Gasteiger partial charge on any atom is -0.459 e. The van der Waals surface area contributed by atoms with Gasteiger partial charge in [0.2, 0.25) is 0 Å². The van der Waals surface area contributed by atoms with Crippen molar-refractivity contribution in [1.82, 2.24) is 15.6 Å². The van der Waals surface area contributed by atoms with Crippen LogP contribution in [0.15, 0.2) is 34.1 Å². The summed E-state index contributed by atoms with van der Waals surface area (Å²) in [6, 6.07) is 7.64. The normalized spacial score (nSPS) is 11.7. The largest absolute Gasteiger partial charge is 0.459 e. The molecule has 5 nitrogen and oxygen atoms in total. The van der Waals surface area contributed by atoms with E-state index in [0.717, 1.165) is 33.0 Å². The first kappa shape index (κ1) is 17.5. The van der Waals surface area contributed by atoms with Gasteiger partial charge in [-0.1, -0.05) is 39.0 Å². The van der Waals surface area contributed by atoms with Crippen LogP contribution < -0.4 is 10.6 Å². The molecule has 0 aliphatic carbocycles. The van der Waals surface area contributed by atoms with Gasteiger partial charge in [-0.25, -0.2) is 9.78 Å². The molecule has 0 unspecified atom stereocenters. The molecular formula is C19H23N3O2S. The Bertz CT molecular complexity index is 890. The Morgan fingerprint density at radius 1 is 1.20 bits per heavy atom. The van der Waals surface area contributed by atoms with E-state index in [9.17, 15) is 4.79 Å². The van der Waals surface area contributed by atoms with Gasteiger partial charge in [-0.05, 0) is 13.0 Å². The van der Waals surface area contributed by atoms with Gasteiger partial charge in [-0.15, -0.1) is 11.3 Å². The monoisotopic (exact) mass is 357 g/mol. The number of hydrogen-bond donors (Lipinski definition) is 2. The number of para-hydroxylation sites is 1. The Labute approximate surface area is 151 Å². The lowest BCUT2D eigenvalue weighted by atomic mass is 9.98. The fourth-order valence-corrected chi connectivity index (χ4v) is 3.43. The van der Waals surface area contributed by atoms with Crippen molar-refractivity contribution in [2.75, 3.05) is 0 Å². The maximum atomic E-state index is 12.0. The summed E-state index contributed by atoms with van der Waals surface area (Å²) in [6.45, 7) is 9.17. The number of carbonyl (C=O) groups excluding carboxylic acids is 1. The van der Waals surface area contributed by atoms with Crippen LogP contribution in [0.25, 0.3) is 11.0 Å². The predicted octanol–water partition coefficient (Wildman–Crippen LogP) is 4.49. The lowest BCUT2D eigenvalue weighted by molar-refractivity contribution is 0.239. The number of amides is 2. The minimum atomic E-state index is -0.231. The number of aromatic nitrogens is 1. The van der Waals surface area contributed by atoms with Crippen LogP contribution >= 0.6 is 11.3 Å².